The molecule has 0 saturated carbocycles. The number of halogens is 2. The zero-order valence-corrected chi connectivity index (χ0v) is 15.7. The maximum Gasteiger partial charge on any atom is 0.387 e. The molecule has 2 aromatic carbocycles. The van der Waals surface area contributed by atoms with E-state index in [9.17, 15) is 18.4 Å². The first kappa shape index (κ1) is 20.1. The van der Waals surface area contributed by atoms with Crippen LogP contribution in [0.2, 0.25) is 0 Å². The van der Waals surface area contributed by atoms with E-state index in [0.717, 1.165) is 0 Å². The van der Waals surface area contributed by atoms with Crippen LogP contribution in [-0.4, -0.2) is 28.0 Å². The van der Waals surface area contributed by atoms with Crippen LogP contribution in [0.25, 0.3) is 10.8 Å². The van der Waals surface area contributed by atoms with E-state index >= 15 is 0 Å². The van der Waals surface area contributed by atoms with Crippen LogP contribution in [0, 0.1) is 0 Å². The van der Waals surface area contributed by atoms with Crippen LogP contribution in [0.4, 0.5) is 8.78 Å². The van der Waals surface area contributed by atoms with E-state index in [4.69, 9.17) is 0 Å². The molecule has 3 rings (SSSR count). The van der Waals surface area contributed by atoms with Gasteiger partial charge in [0.05, 0.1) is 11.1 Å². The lowest BCUT2D eigenvalue weighted by molar-refractivity contribution is -0.0498. The second kappa shape index (κ2) is 8.59. The molecule has 0 aliphatic carbocycles. The monoisotopic (exact) mass is 400 g/mol. The molecule has 0 unspecified atom stereocenters. The lowest BCUT2D eigenvalue weighted by Crippen LogP contribution is -2.28. The van der Waals surface area contributed by atoms with Crippen molar-refractivity contribution < 1.29 is 18.3 Å². The largest absolute Gasteiger partial charge is 0.435 e. The van der Waals surface area contributed by atoms with Crippen LogP contribution in [0.1, 0.15) is 29.9 Å². The molecule has 0 spiro atoms. The van der Waals surface area contributed by atoms with Crippen molar-refractivity contribution in [2.24, 2.45) is 5.10 Å². The van der Waals surface area contributed by atoms with Gasteiger partial charge in [0, 0.05) is 11.9 Å². The number of amides is 1. The SMILES string of the molecule is CCn1nc(C(=O)N/N=C(\C)c2ccc(OC(F)F)cc2)c2ccccc2c1=O. The van der Waals surface area contributed by atoms with Crippen molar-refractivity contribution in [2.75, 3.05) is 0 Å². The van der Waals surface area contributed by atoms with Crippen molar-refractivity contribution >= 4 is 22.4 Å². The number of nitrogens with one attached hydrogen (secondary N) is 1. The van der Waals surface area contributed by atoms with Crippen molar-refractivity contribution in [3.8, 4) is 5.75 Å². The molecule has 9 heteroatoms. The highest BCUT2D eigenvalue weighted by molar-refractivity contribution is 6.06. The Morgan fingerprint density at radius 1 is 1.17 bits per heavy atom. The van der Waals surface area contributed by atoms with Gasteiger partial charge < -0.3 is 4.74 Å². The summed E-state index contributed by atoms with van der Waals surface area (Å²) < 4.78 is 30.0. The summed E-state index contributed by atoms with van der Waals surface area (Å²) in [6.45, 7) is 0.832. The molecule has 150 valence electrons. The third-order valence-electron chi connectivity index (χ3n) is 4.20. The summed E-state index contributed by atoms with van der Waals surface area (Å²) in [6, 6.07) is 12.6. The highest BCUT2D eigenvalue weighted by Gasteiger charge is 2.16. The van der Waals surface area contributed by atoms with Crippen LogP contribution in [-0.2, 0) is 6.54 Å². The van der Waals surface area contributed by atoms with Crippen LogP contribution >= 0.6 is 0 Å². The van der Waals surface area contributed by atoms with Gasteiger partial charge in [0.2, 0.25) is 0 Å². The molecule has 1 aromatic heterocycles. The molecule has 1 heterocycles. The molecule has 0 atom stereocenters. The predicted octanol–water partition coefficient (Wildman–Crippen LogP) is 3.17. The van der Waals surface area contributed by atoms with Crippen LogP contribution in [0.15, 0.2) is 58.4 Å². The summed E-state index contributed by atoms with van der Waals surface area (Å²) in [5.41, 5.74) is 3.30. The molecule has 3 aromatic rings. The van der Waals surface area contributed by atoms with Crippen molar-refractivity contribution in [2.45, 2.75) is 27.0 Å². The number of alkyl halides is 2. The van der Waals surface area contributed by atoms with Crippen LogP contribution < -0.4 is 15.7 Å². The van der Waals surface area contributed by atoms with Crippen molar-refractivity contribution in [1.82, 2.24) is 15.2 Å². The normalized spacial score (nSPS) is 11.7. The highest BCUT2D eigenvalue weighted by atomic mass is 19.3. The lowest BCUT2D eigenvalue weighted by Gasteiger charge is -2.09. The van der Waals surface area contributed by atoms with Crippen molar-refractivity contribution in [1.29, 1.82) is 0 Å². The van der Waals surface area contributed by atoms with Crippen LogP contribution in [0.5, 0.6) is 5.75 Å². The molecule has 0 saturated heterocycles. The summed E-state index contributed by atoms with van der Waals surface area (Å²) in [7, 11) is 0. The lowest BCUT2D eigenvalue weighted by atomic mass is 10.1. The maximum absolute atomic E-state index is 12.6. The molecule has 0 aliphatic rings. The van der Waals surface area contributed by atoms with E-state index in [0.29, 0.717) is 28.6 Å². The van der Waals surface area contributed by atoms with Gasteiger partial charge in [-0.05, 0) is 49.7 Å². The van der Waals surface area contributed by atoms with Gasteiger partial charge in [-0.1, -0.05) is 18.2 Å². The van der Waals surface area contributed by atoms with Gasteiger partial charge in [0.25, 0.3) is 11.5 Å². The Labute approximate surface area is 164 Å². The van der Waals surface area contributed by atoms with E-state index in [-0.39, 0.29) is 17.0 Å². The summed E-state index contributed by atoms with van der Waals surface area (Å²) in [5.74, 6) is -0.543. The number of benzene rings is 2. The third-order valence-corrected chi connectivity index (χ3v) is 4.20. The van der Waals surface area contributed by atoms with Gasteiger partial charge in [0.1, 0.15) is 5.75 Å². The van der Waals surface area contributed by atoms with E-state index < -0.39 is 12.5 Å². The highest BCUT2D eigenvalue weighted by Crippen LogP contribution is 2.16. The zero-order chi connectivity index (χ0) is 21.0. The van der Waals surface area contributed by atoms with Gasteiger partial charge in [-0.25, -0.2) is 10.1 Å². The first-order valence-electron chi connectivity index (χ1n) is 8.80. The number of hydrazone groups is 1. The minimum absolute atomic E-state index is 0.0260. The minimum atomic E-state index is -2.90. The molecule has 1 amide bonds. The second-order valence-electron chi connectivity index (χ2n) is 6.06. The Morgan fingerprint density at radius 2 is 1.83 bits per heavy atom. The van der Waals surface area contributed by atoms with Crippen molar-refractivity contribution in [3.63, 3.8) is 0 Å². The summed E-state index contributed by atoms with van der Waals surface area (Å²) in [6.07, 6.45) is 0. The fourth-order valence-electron chi connectivity index (χ4n) is 2.75. The molecule has 0 bridgehead atoms. The number of hydrogen-bond donors (Lipinski definition) is 1. The second-order valence-corrected chi connectivity index (χ2v) is 6.06. The molecule has 1 N–H and O–H groups in total. The Morgan fingerprint density at radius 3 is 2.45 bits per heavy atom. The molecule has 7 nitrogen and oxygen atoms in total. The van der Waals surface area contributed by atoms with Gasteiger partial charge in [-0.15, -0.1) is 0 Å². The fraction of sp³-hybridized carbons (Fsp3) is 0.200. The Balaban J connectivity index is 1.85. The van der Waals surface area contributed by atoms with Gasteiger partial charge in [-0.2, -0.15) is 19.0 Å². The quantitative estimate of drug-likeness (QED) is 0.509. The van der Waals surface area contributed by atoms with Gasteiger partial charge >= 0.3 is 6.61 Å². The predicted molar refractivity (Wildman–Crippen MR) is 104 cm³/mol. The van der Waals surface area contributed by atoms with Crippen molar-refractivity contribution in [3.05, 3.63) is 70.1 Å². The fourth-order valence-corrected chi connectivity index (χ4v) is 2.75. The number of hydrogen-bond acceptors (Lipinski definition) is 5. The Hall–Kier alpha value is -3.62. The van der Waals surface area contributed by atoms with E-state index in [2.05, 4.69) is 20.4 Å². The summed E-state index contributed by atoms with van der Waals surface area (Å²) >= 11 is 0. The first-order chi connectivity index (χ1) is 13.9. The molecular formula is C20H18F2N4O3. The number of aryl methyl sites for hydroxylation is 1. The molecule has 0 fully saturated rings. The number of rotatable bonds is 6. The average Bonchev–Trinajstić information content (AvgIpc) is 2.72. The smallest absolute Gasteiger partial charge is 0.387 e. The molecule has 29 heavy (non-hydrogen) atoms. The van der Waals surface area contributed by atoms with Gasteiger partial charge in [-0.3, -0.25) is 9.59 Å². The minimum Gasteiger partial charge on any atom is -0.435 e. The maximum atomic E-state index is 12.6. The number of ether oxygens (including phenoxy) is 1. The summed E-state index contributed by atoms with van der Waals surface area (Å²) in [4.78, 5) is 25.0. The topological polar surface area (TPSA) is 85.6 Å². The standard InChI is InChI=1S/C20H18F2N4O3/c1-3-26-19(28)16-7-5-4-6-15(16)17(25-26)18(27)24-23-12(2)13-8-10-14(11-9-13)29-20(21)22/h4-11,20H,3H2,1-2H3,(H,24,27)/b23-12+. The van der Waals surface area contributed by atoms with E-state index in [1.807, 2.05) is 0 Å². The summed E-state index contributed by atoms with van der Waals surface area (Å²) in [5, 5.41) is 9.02. The van der Waals surface area contributed by atoms with Gasteiger partial charge in [0.15, 0.2) is 5.69 Å². The molecular weight excluding hydrogens is 382 g/mol. The number of nitrogens with zero attached hydrogens (tertiary/aromatic N) is 3. The number of fused-ring (bicyclic) bond motifs is 1. The average molecular weight is 400 g/mol. The van der Waals surface area contributed by atoms with E-state index in [1.54, 1.807) is 50.2 Å². The zero-order valence-electron chi connectivity index (χ0n) is 15.7. The number of carbonyl (C=O) groups is 1. The number of carbonyl (C=O) groups excluding carboxylic acids is 1. The Kier molecular flexibility index (Phi) is 5.96. The van der Waals surface area contributed by atoms with E-state index in [1.165, 1.54) is 16.8 Å². The molecule has 0 radical (unpaired) electrons. The molecule has 0 aliphatic heterocycles. The Bertz CT molecular complexity index is 1120. The number of aromatic nitrogens is 2. The van der Waals surface area contributed by atoms with Crippen LogP contribution in [0.3, 0.4) is 0 Å². The third kappa shape index (κ3) is 4.45. The first-order valence-corrected chi connectivity index (χ1v) is 8.80.